The maximum atomic E-state index is 10.8. The Balaban J connectivity index is 1.47. The number of rotatable bonds is 9. The van der Waals surface area contributed by atoms with E-state index in [9.17, 15) is 9.59 Å². The van der Waals surface area contributed by atoms with Gasteiger partial charge in [0, 0.05) is 26.2 Å². The molecule has 0 atom stereocenters. The first kappa shape index (κ1) is 17.2. The number of amides is 2. The molecule has 126 valence electrons. The molecule has 2 fully saturated rings. The van der Waals surface area contributed by atoms with Gasteiger partial charge in [0.05, 0.1) is 13.3 Å². The molecule has 0 aromatic heterocycles. The smallest absolute Gasteiger partial charge is 0.210 e. The summed E-state index contributed by atoms with van der Waals surface area (Å²) >= 11 is 0. The fraction of sp³-hybridized carbons (Fsp3) is 0.875. The van der Waals surface area contributed by atoms with Crippen molar-refractivity contribution < 1.29 is 9.59 Å². The molecule has 2 aliphatic heterocycles. The molecule has 0 bridgehead atoms. The fourth-order valence-electron chi connectivity index (χ4n) is 3.35. The molecule has 22 heavy (non-hydrogen) atoms. The number of carbonyl (C=O) groups excluding carboxylic acids is 2. The zero-order chi connectivity index (χ0) is 15.6. The molecule has 2 rings (SSSR count). The molecule has 6 heteroatoms. The van der Waals surface area contributed by atoms with Gasteiger partial charge in [0.1, 0.15) is 0 Å². The molecule has 2 aliphatic rings. The largest absolute Gasteiger partial charge is 0.332 e. The molecule has 2 saturated heterocycles. The highest BCUT2D eigenvalue weighted by molar-refractivity contribution is 5.47. The summed E-state index contributed by atoms with van der Waals surface area (Å²) in [5, 5.41) is 0. The molecule has 2 heterocycles. The Morgan fingerprint density at radius 3 is 1.50 bits per heavy atom. The molecule has 6 nitrogen and oxygen atoms in total. The molecule has 2 amide bonds. The van der Waals surface area contributed by atoms with Gasteiger partial charge in [-0.05, 0) is 38.8 Å². The van der Waals surface area contributed by atoms with Crippen LogP contribution in [0.3, 0.4) is 0 Å². The third-order valence-corrected chi connectivity index (χ3v) is 4.60. The van der Waals surface area contributed by atoms with E-state index >= 15 is 0 Å². The van der Waals surface area contributed by atoms with Crippen LogP contribution in [0.4, 0.5) is 0 Å². The Bertz CT molecular complexity index is 308. The SMILES string of the molecule is O=CN1CCCN(CCCCCCN2CCCN(C=O)C2)C1. The Morgan fingerprint density at radius 1 is 0.636 bits per heavy atom. The van der Waals surface area contributed by atoms with Crippen LogP contribution in [-0.4, -0.2) is 85.0 Å². The zero-order valence-corrected chi connectivity index (χ0v) is 13.7. The lowest BCUT2D eigenvalue weighted by atomic mass is 10.1. The van der Waals surface area contributed by atoms with Crippen molar-refractivity contribution in [2.75, 3.05) is 52.6 Å². The van der Waals surface area contributed by atoms with Crippen molar-refractivity contribution in [2.24, 2.45) is 0 Å². The first-order chi connectivity index (χ1) is 10.8. The quantitative estimate of drug-likeness (QED) is 0.467. The molecule has 0 aromatic rings. The van der Waals surface area contributed by atoms with E-state index < -0.39 is 0 Å². The maximum absolute atomic E-state index is 10.8. The molecule has 0 unspecified atom stereocenters. The molecule has 0 saturated carbocycles. The van der Waals surface area contributed by atoms with Crippen molar-refractivity contribution in [3.05, 3.63) is 0 Å². The molecule has 0 aromatic carbocycles. The van der Waals surface area contributed by atoms with E-state index in [0.29, 0.717) is 0 Å². The monoisotopic (exact) mass is 310 g/mol. The second-order valence-electron chi connectivity index (χ2n) is 6.48. The van der Waals surface area contributed by atoms with Gasteiger partial charge in [0.15, 0.2) is 0 Å². The third kappa shape index (κ3) is 5.93. The normalized spacial score (nSPS) is 21.1. The summed E-state index contributed by atoms with van der Waals surface area (Å²) in [6.45, 7) is 7.89. The van der Waals surface area contributed by atoms with E-state index in [1.54, 1.807) is 0 Å². The molecular formula is C16H30N4O2. The number of nitrogens with zero attached hydrogens (tertiary/aromatic N) is 4. The Kier molecular flexibility index (Phi) is 7.66. The van der Waals surface area contributed by atoms with Gasteiger partial charge in [0.25, 0.3) is 0 Å². The lowest BCUT2D eigenvalue weighted by Gasteiger charge is -2.33. The van der Waals surface area contributed by atoms with E-state index in [-0.39, 0.29) is 0 Å². The number of hydrogen-bond acceptors (Lipinski definition) is 4. The first-order valence-electron chi connectivity index (χ1n) is 8.65. The van der Waals surface area contributed by atoms with Crippen molar-refractivity contribution in [2.45, 2.75) is 38.5 Å². The van der Waals surface area contributed by atoms with Crippen LogP contribution in [0.5, 0.6) is 0 Å². The molecular weight excluding hydrogens is 280 g/mol. The fourth-order valence-corrected chi connectivity index (χ4v) is 3.35. The van der Waals surface area contributed by atoms with Gasteiger partial charge in [-0.1, -0.05) is 12.8 Å². The highest BCUT2D eigenvalue weighted by Crippen LogP contribution is 2.09. The summed E-state index contributed by atoms with van der Waals surface area (Å²) in [5.41, 5.74) is 0. The van der Waals surface area contributed by atoms with Crippen molar-refractivity contribution in [3.8, 4) is 0 Å². The van der Waals surface area contributed by atoms with E-state index in [1.165, 1.54) is 25.7 Å². The lowest BCUT2D eigenvalue weighted by molar-refractivity contribution is -0.122. The second-order valence-corrected chi connectivity index (χ2v) is 6.48. The predicted molar refractivity (Wildman–Crippen MR) is 86.1 cm³/mol. The highest BCUT2D eigenvalue weighted by Gasteiger charge is 2.16. The topological polar surface area (TPSA) is 47.1 Å². The van der Waals surface area contributed by atoms with Gasteiger partial charge in [-0.2, -0.15) is 0 Å². The van der Waals surface area contributed by atoms with Gasteiger partial charge in [-0.25, -0.2) is 0 Å². The molecule has 0 radical (unpaired) electrons. The minimum Gasteiger partial charge on any atom is -0.332 e. The number of unbranched alkanes of at least 4 members (excludes halogenated alkanes) is 3. The average Bonchev–Trinajstić information content (AvgIpc) is 2.58. The summed E-state index contributed by atoms with van der Waals surface area (Å²) in [4.78, 5) is 30.0. The molecule has 0 spiro atoms. The van der Waals surface area contributed by atoms with Crippen LogP contribution in [0.25, 0.3) is 0 Å². The number of hydrogen-bond donors (Lipinski definition) is 0. The minimum absolute atomic E-state index is 0.804. The summed E-state index contributed by atoms with van der Waals surface area (Å²) in [7, 11) is 0. The van der Waals surface area contributed by atoms with Gasteiger partial charge < -0.3 is 9.80 Å². The van der Waals surface area contributed by atoms with Crippen LogP contribution in [0.2, 0.25) is 0 Å². The van der Waals surface area contributed by atoms with Crippen LogP contribution in [-0.2, 0) is 9.59 Å². The van der Waals surface area contributed by atoms with Gasteiger partial charge in [-0.15, -0.1) is 0 Å². The Morgan fingerprint density at radius 2 is 1.09 bits per heavy atom. The van der Waals surface area contributed by atoms with Crippen LogP contribution in [0.1, 0.15) is 38.5 Å². The van der Waals surface area contributed by atoms with Gasteiger partial charge in [-0.3, -0.25) is 19.4 Å². The summed E-state index contributed by atoms with van der Waals surface area (Å²) in [6, 6.07) is 0. The highest BCUT2D eigenvalue weighted by atomic mass is 16.1. The van der Waals surface area contributed by atoms with Crippen molar-refractivity contribution >= 4 is 12.8 Å². The second kappa shape index (κ2) is 9.79. The average molecular weight is 310 g/mol. The zero-order valence-electron chi connectivity index (χ0n) is 13.7. The summed E-state index contributed by atoms with van der Waals surface area (Å²) in [5.74, 6) is 0. The predicted octanol–water partition coefficient (Wildman–Crippen LogP) is 0.790. The lowest BCUT2D eigenvalue weighted by Crippen LogP contribution is -2.44. The number of carbonyl (C=O) groups is 2. The van der Waals surface area contributed by atoms with E-state index in [4.69, 9.17) is 0 Å². The van der Waals surface area contributed by atoms with E-state index in [2.05, 4.69) is 9.80 Å². The summed E-state index contributed by atoms with van der Waals surface area (Å²) in [6.07, 6.45) is 9.06. The molecule has 0 aliphatic carbocycles. The maximum Gasteiger partial charge on any atom is 0.210 e. The van der Waals surface area contributed by atoms with E-state index in [1.807, 2.05) is 9.80 Å². The van der Waals surface area contributed by atoms with Crippen molar-refractivity contribution in [3.63, 3.8) is 0 Å². The summed E-state index contributed by atoms with van der Waals surface area (Å²) < 4.78 is 0. The first-order valence-corrected chi connectivity index (χ1v) is 8.65. The third-order valence-electron chi connectivity index (χ3n) is 4.60. The van der Waals surface area contributed by atoms with Crippen LogP contribution in [0.15, 0.2) is 0 Å². The van der Waals surface area contributed by atoms with Crippen molar-refractivity contribution in [1.82, 2.24) is 19.6 Å². The van der Waals surface area contributed by atoms with E-state index in [0.717, 1.165) is 78.3 Å². The van der Waals surface area contributed by atoms with Crippen molar-refractivity contribution in [1.29, 1.82) is 0 Å². The van der Waals surface area contributed by atoms with Crippen LogP contribution < -0.4 is 0 Å². The van der Waals surface area contributed by atoms with Gasteiger partial charge >= 0.3 is 0 Å². The Hall–Kier alpha value is -1.14. The van der Waals surface area contributed by atoms with Crippen LogP contribution >= 0.6 is 0 Å². The standard InChI is InChI=1S/C16H30N4O2/c21-15-19-11-5-9-17(13-19)7-3-1-2-4-8-18-10-6-12-20(14-18)16-22/h15-16H,1-14H2. The van der Waals surface area contributed by atoms with Crippen LogP contribution in [0, 0.1) is 0 Å². The minimum atomic E-state index is 0.804. The Labute approximate surface area is 134 Å². The molecule has 0 N–H and O–H groups in total. The van der Waals surface area contributed by atoms with Gasteiger partial charge in [0.2, 0.25) is 12.8 Å².